The van der Waals surface area contributed by atoms with Crippen LogP contribution in [0.1, 0.15) is 36.1 Å². The fraction of sp³-hybridized carbons (Fsp3) is 0.450. The highest BCUT2D eigenvalue weighted by Crippen LogP contribution is 2.40. The highest BCUT2D eigenvalue weighted by atomic mass is 19.1. The minimum absolute atomic E-state index is 0.0182. The average molecular weight is 444 g/mol. The van der Waals surface area contributed by atoms with E-state index >= 15 is 4.39 Å². The van der Waals surface area contributed by atoms with Crippen LogP contribution in [0.15, 0.2) is 16.9 Å². The molecule has 5 rings (SSSR count). The standard InChI is InChI=1S/C20H21FN6O5/c1-10-5-26(6-11(2)31-10)16-12(7-28)4-13-17(15(16)21)32-24-18(13)27-14(8-30-20(27)29)19-22-9-23-25(19)3/h4,7,9-11,14H,5-6,8H2,1-3H3/t10-,11-,14?/m1/s1. The van der Waals surface area contributed by atoms with Crippen molar-refractivity contribution in [1.82, 2.24) is 19.9 Å². The van der Waals surface area contributed by atoms with E-state index in [9.17, 15) is 9.59 Å². The van der Waals surface area contributed by atoms with E-state index in [0.29, 0.717) is 25.2 Å². The van der Waals surface area contributed by atoms with Crippen molar-refractivity contribution in [1.29, 1.82) is 0 Å². The van der Waals surface area contributed by atoms with Crippen LogP contribution in [0, 0.1) is 5.82 Å². The molecule has 168 valence electrons. The molecule has 2 aliphatic heterocycles. The number of carbonyl (C=O) groups is 2. The number of hydrogen-bond acceptors (Lipinski definition) is 9. The number of aryl methyl sites for hydroxylation is 1. The van der Waals surface area contributed by atoms with Gasteiger partial charge in [0.1, 0.15) is 19.0 Å². The van der Waals surface area contributed by atoms with Gasteiger partial charge in [0.05, 0.1) is 23.3 Å². The van der Waals surface area contributed by atoms with Crippen LogP contribution in [-0.2, 0) is 16.5 Å². The fourth-order valence-corrected chi connectivity index (χ4v) is 4.43. The maximum atomic E-state index is 15.7. The second kappa shape index (κ2) is 7.55. The second-order valence-electron chi connectivity index (χ2n) is 8.00. The summed E-state index contributed by atoms with van der Waals surface area (Å²) < 4.78 is 33.4. The average Bonchev–Trinajstić information content (AvgIpc) is 3.45. The fourth-order valence-electron chi connectivity index (χ4n) is 4.43. The largest absolute Gasteiger partial charge is 0.446 e. The summed E-state index contributed by atoms with van der Waals surface area (Å²) in [5.41, 5.74) is 0.110. The van der Waals surface area contributed by atoms with E-state index in [4.69, 9.17) is 14.0 Å². The summed E-state index contributed by atoms with van der Waals surface area (Å²) in [6, 6.07) is 0.850. The molecule has 0 radical (unpaired) electrons. The molecule has 1 amide bonds. The van der Waals surface area contributed by atoms with E-state index in [0.717, 1.165) is 0 Å². The number of aromatic nitrogens is 4. The van der Waals surface area contributed by atoms with Gasteiger partial charge >= 0.3 is 6.09 Å². The van der Waals surface area contributed by atoms with E-state index in [1.807, 2.05) is 13.8 Å². The molecule has 0 spiro atoms. The topological polar surface area (TPSA) is 116 Å². The van der Waals surface area contributed by atoms with Gasteiger partial charge in [-0.2, -0.15) is 5.10 Å². The van der Waals surface area contributed by atoms with E-state index in [2.05, 4.69) is 15.2 Å². The molecular formula is C20H21FN6O5. The molecule has 2 aliphatic rings. The third-order valence-corrected chi connectivity index (χ3v) is 5.70. The SMILES string of the molecule is C[C@@H]1CN(c2c(C=O)cc3c(N4C(=O)OCC4c4ncnn4C)noc3c2F)C[C@@H](C)O1. The first-order valence-electron chi connectivity index (χ1n) is 10.2. The quantitative estimate of drug-likeness (QED) is 0.559. The summed E-state index contributed by atoms with van der Waals surface area (Å²) >= 11 is 0. The first kappa shape index (κ1) is 20.4. The maximum absolute atomic E-state index is 15.7. The van der Waals surface area contributed by atoms with Crippen LogP contribution in [0.25, 0.3) is 11.0 Å². The summed E-state index contributed by atoms with van der Waals surface area (Å²) in [6.07, 6.45) is 0.997. The predicted octanol–water partition coefficient (Wildman–Crippen LogP) is 2.22. The zero-order valence-corrected chi connectivity index (χ0v) is 17.7. The van der Waals surface area contributed by atoms with Crippen LogP contribution in [0.4, 0.5) is 20.7 Å². The van der Waals surface area contributed by atoms with Crippen molar-refractivity contribution >= 4 is 34.9 Å². The van der Waals surface area contributed by atoms with Gasteiger partial charge in [-0.15, -0.1) is 0 Å². The lowest BCUT2D eigenvalue weighted by molar-refractivity contribution is -0.00543. The Morgan fingerprint density at radius 2 is 2.00 bits per heavy atom. The summed E-state index contributed by atoms with van der Waals surface area (Å²) in [5, 5.41) is 8.18. The second-order valence-corrected chi connectivity index (χ2v) is 8.00. The number of morpholine rings is 1. The van der Waals surface area contributed by atoms with Gasteiger partial charge in [0.2, 0.25) is 5.58 Å². The molecule has 0 saturated carbocycles. The van der Waals surface area contributed by atoms with Gasteiger partial charge in [0.15, 0.2) is 23.7 Å². The van der Waals surface area contributed by atoms with Crippen molar-refractivity contribution < 1.29 is 28.0 Å². The number of hydrogen-bond donors (Lipinski definition) is 0. The molecule has 0 bridgehead atoms. The van der Waals surface area contributed by atoms with Crippen molar-refractivity contribution in [3.8, 4) is 0 Å². The van der Waals surface area contributed by atoms with Crippen molar-refractivity contribution in [3.63, 3.8) is 0 Å². The van der Waals surface area contributed by atoms with Gasteiger partial charge < -0.3 is 18.9 Å². The lowest BCUT2D eigenvalue weighted by Gasteiger charge is -2.37. The monoisotopic (exact) mass is 444 g/mol. The van der Waals surface area contributed by atoms with Crippen LogP contribution in [-0.4, -0.2) is 64.2 Å². The minimum Gasteiger partial charge on any atom is -0.446 e. The number of halogens is 1. The molecular weight excluding hydrogens is 423 g/mol. The van der Waals surface area contributed by atoms with Crippen LogP contribution in [0.2, 0.25) is 0 Å². The highest BCUT2D eigenvalue weighted by molar-refractivity contribution is 6.03. The molecule has 2 saturated heterocycles. The lowest BCUT2D eigenvalue weighted by atomic mass is 10.1. The number of rotatable bonds is 4. The number of benzene rings is 1. The molecule has 11 nitrogen and oxygen atoms in total. The molecule has 32 heavy (non-hydrogen) atoms. The zero-order chi connectivity index (χ0) is 22.6. The van der Waals surface area contributed by atoms with Crippen LogP contribution >= 0.6 is 0 Å². The molecule has 2 fully saturated rings. The van der Waals surface area contributed by atoms with Gasteiger partial charge in [-0.05, 0) is 19.9 Å². The van der Waals surface area contributed by atoms with Crippen molar-refractivity contribution in [2.75, 3.05) is 29.5 Å². The summed E-state index contributed by atoms with van der Waals surface area (Å²) in [4.78, 5) is 31.7. The third-order valence-electron chi connectivity index (χ3n) is 5.70. The molecule has 3 aromatic rings. The van der Waals surface area contributed by atoms with Gasteiger partial charge in [-0.25, -0.2) is 19.1 Å². The molecule has 1 unspecified atom stereocenters. The number of fused-ring (bicyclic) bond motifs is 1. The molecule has 1 aromatic carbocycles. The number of nitrogens with zero attached hydrogens (tertiary/aromatic N) is 6. The molecule has 4 heterocycles. The van der Waals surface area contributed by atoms with Gasteiger partial charge in [-0.1, -0.05) is 5.16 Å². The summed E-state index contributed by atoms with van der Waals surface area (Å²) in [6.45, 7) is 4.63. The normalized spacial score (nSPS) is 23.8. The number of carbonyl (C=O) groups excluding carboxylic acids is 2. The number of anilines is 2. The van der Waals surface area contributed by atoms with Crippen LogP contribution in [0.5, 0.6) is 0 Å². The van der Waals surface area contributed by atoms with Crippen molar-refractivity contribution in [2.24, 2.45) is 7.05 Å². The summed E-state index contributed by atoms with van der Waals surface area (Å²) in [5.74, 6) is -0.198. The predicted molar refractivity (Wildman–Crippen MR) is 109 cm³/mol. The smallest absolute Gasteiger partial charge is 0.416 e. The summed E-state index contributed by atoms with van der Waals surface area (Å²) in [7, 11) is 1.69. The lowest BCUT2D eigenvalue weighted by Crippen LogP contribution is -2.46. The van der Waals surface area contributed by atoms with Crippen LogP contribution < -0.4 is 9.80 Å². The minimum atomic E-state index is -0.715. The zero-order valence-electron chi connectivity index (χ0n) is 17.7. The first-order chi connectivity index (χ1) is 15.4. The first-order valence-corrected chi connectivity index (χ1v) is 10.2. The Hall–Kier alpha value is -3.54. The van der Waals surface area contributed by atoms with Crippen molar-refractivity contribution in [2.45, 2.75) is 32.1 Å². The molecule has 12 heteroatoms. The number of aldehydes is 1. The molecule has 2 aromatic heterocycles. The Balaban J connectivity index is 1.62. The van der Waals surface area contributed by atoms with Gasteiger partial charge in [0, 0.05) is 25.7 Å². The highest BCUT2D eigenvalue weighted by Gasteiger charge is 2.41. The van der Waals surface area contributed by atoms with E-state index < -0.39 is 18.0 Å². The molecule has 3 atom stereocenters. The van der Waals surface area contributed by atoms with E-state index in [1.165, 1.54) is 22.0 Å². The Kier molecular flexibility index (Phi) is 4.81. The maximum Gasteiger partial charge on any atom is 0.416 e. The Labute approximate surface area is 181 Å². The van der Waals surface area contributed by atoms with E-state index in [-0.39, 0.29) is 46.9 Å². The Morgan fingerprint density at radius 3 is 2.66 bits per heavy atom. The van der Waals surface area contributed by atoms with E-state index in [1.54, 1.807) is 11.9 Å². The molecule has 0 N–H and O–H groups in total. The Morgan fingerprint density at radius 1 is 1.25 bits per heavy atom. The van der Waals surface area contributed by atoms with Crippen molar-refractivity contribution in [3.05, 3.63) is 29.6 Å². The number of amides is 1. The number of cyclic esters (lactones) is 1. The third kappa shape index (κ3) is 3.09. The molecule has 0 aliphatic carbocycles. The Bertz CT molecular complexity index is 1200. The van der Waals surface area contributed by atoms with Gasteiger partial charge in [-0.3, -0.25) is 9.48 Å². The van der Waals surface area contributed by atoms with Crippen LogP contribution in [0.3, 0.4) is 0 Å². The van der Waals surface area contributed by atoms with Gasteiger partial charge in [0.25, 0.3) is 0 Å². The number of ether oxygens (including phenoxy) is 2.